The maximum absolute atomic E-state index is 13.3. The summed E-state index contributed by atoms with van der Waals surface area (Å²) in [6.07, 6.45) is 3.95. The summed E-state index contributed by atoms with van der Waals surface area (Å²) in [5, 5.41) is 3.41. The van der Waals surface area contributed by atoms with Crippen molar-refractivity contribution in [3.8, 4) is 0 Å². The van der Waals surface area contributed by atoms with Crippen LogP contribution in [0.25, 0.3) is 0 Å². The minimum absolute atomic E-state index is 0. The van der Waals surface area contributed by atoms with Crippen LogP contribution in [0.15, 0.2) is 22.7 Å². The molecule has 0 spiro atoms. The van der Waals surface area contributed by atoms with Gasteiger partial charge in [0.1, 0.15) is 5.82 Å². The van der Waals surface area contributed by atoms with Crippen molar-refractivity contribution in [1.82, 2.24) is 10.2 Å². The van der Waals surface area contributed by atoms with Crippen LogP contribution in [0.4, 0.5) is 4.39 Å². The van der Waals surface area contributed by atoms with Gasteiger partial charge in [0.05, 0.1) is 0 Å². The Balaban J connectivity index is 0.00000147. The third-order valence-electron chi connectivity index (χ3n) is 4.42. The number of hydrogen-bond donors (Lipinski definition) is 1. The first-order valence-electron chi connectivity index (χ1n) is 7.15. The smallest absolute Gasteiger partial charge is 0.124 e. The fourth-order valence-electron chi connectivity index (χ4n) is 3.21. The molecular formula is C15H21BrClFN2. The van der Waals surface area contributed by atoms with Crippen LogP contribution in [0.1, 0.15) is 30.9 Å². The molecule has 1 atom stereocenters. The van der Waals surface area contributed by atoms with Crippen LogP contribution in [0, 0.1) is 11.7 Å². The molecule has 1 aromatic carbocycles. The number of benzene rings is 1. The van der Waals surface area contributed by atoms with E-state index in [1.165, 1.54) is 24.8 Å². The molecule has 1 aromatic rings. The second kappa shape index (κ2) is 7.21. The Morgan fingerprint density at radius 1 is 1.25 bits per heavy atom. The lowest BCUT2D eigenvalue weighted by Gasteiger charge is -2.43. The first kappa shape index (κ1) is 16.2. The summed E-state index contributed by atoms with van der Waals surface area (Å²) in [7, 11) is 0. The molecule has 3 rings (SSSR count). The van der Waals surface area contributed by atoms with Gasteiger partial charge in [-0.15, -0.1) is 12.4 Å². The van der Waals surface area contributed by atoms with Crippen molar-refractivity contribution >= 4 is 28.3 Å². The zero-order valence-electron chi connectivity index (χ0n) is 11.4. The molecule has 2 aliphatic rings. The Morgan fingerprint density at radius 2 is 1.95 bits per heavy atom. The minimum atomic E-state index is -0.164. The van der Waals surface area contributed by atoms with E-state index in [-0.39, 0.29) is 18.2 Å². The molecule has 1 saturated heterocycles. The van der Waals surface area contributed by atoms with E-state index in [0.717, 1.165) is 36.6 Å². The summed E-state index contributed by atoms with van der Waals surface area (Å²) in [6, 6.07) is 5.60. The van der Waals surface area contributed by atoms with Gasteiger partial charge in [-0.25, -0.2) is 4.39 Å². The van der Waals surface area contributed by atoms with Gasteiger partial charge in [-0.1, -0.05) is 28.4 Å². The van der Waals surface area contributed by atoms with Gasteiger partial charge in [-0.3, -0.25) is 4.90 Å². The molecule has 1 saturated carbocycles. The zero-order chi connectivity index (χ0) is 13.2. The van der Waals surface area contributed by atoms with Crippen LogP contribution < -0.4 is 5.32 Å². The second-order valence-corrected chi connectivity index (χ2v) is 6.44. The molecule has 112 valence electrons. The number of piperazine rings is 1. The summed E-state index contributed by atoms with van der Waals surface area (Å²) in [6.45, 7) is 4.29. The molecule has 0 aromatic heterocycles. The standard InChI is InChI=1S/C15H20BrFN2.ClH/c16-14-10-12(17)4-5-13(14)15(11-2-1-3-11)19-8-6-18-7-9-19;/h4-5,10-11,15,18H,1-3,6-9H2;1H/t15-;/m0./s1. The van der Waals surface area contributed by atoms with Gasteiger partial charge in [-0.05, 0) is 36.5 Å². The van der Waals surface area contributed by atoms with Gasteiger partial charge in [0.15, 0.2) is 0 Å². The van der Waals surface area contributed by atoms with Crippen molar-refractivity contribution in [1.29, 1.82) is 0 Å². The quantitative estimate of drug-likeness (QED) is 0.880. The predicted molar refractivity (Wildman–Crippen MR) is 85.9 cm³/mol. The van der Waals surface area contributed by atoms with E-state index in [1.54, 1.807) is 12.1 Å². The Labute approximate surface area is 134 Å². The van der Waals surface area contributed by atoms with E-state index in [2.05, 4.69) is 26.1 Å². The highest BCUT2D eigenvalue weighted by molar-refractivity contribution is 9.10. The SMILES string of the molecule is Cl.Fc1ccc([C@H](C2CCC2)N2CCNCC2)c(Br)c1. The maximum atomic E-state index is 13.3. The van der Waals surface area contributed by atoms with Gasteiger partial charge in [-0.2, -0.15) is 0 Å². The molecule has 2 nitrogen and oxygen atoms in total. The van der Waals surface area contributed by atoms with Crippen molar-refractivity contribution in [2.75, 3.05) is 26.2 Å². The third-order valence-corrected chi connectivity index (χ3v) is 5.11. The largest absolute Gasteiger partial charge is 0.314 e. The Hall–Kier alpha value is -0.160. The predicted octanol–water partition coefficient (Wildman–Crippen LogP) is 3.76. The van der Waals surface area contributed by atoms with E-state index < -0.39 is 0 Å². The Kier molecular flexibility index (Phi) is 5.84. The van der Waals surface area contributed by atoms with Crippen molar-refractivity contribution in [3.63, 3.8) is 0 Å². The Bertz CT molecular complexity index is 447. The first-order valence-corrected chi connectivity index (χ1v) is 7.95. The summed E-state index contributed by atoms with van der Waals surface area (Å²) in [4.78, 5) is 2.57. The number of rotatable bonds is 3. The average molecular weight is 364 g/mol. The summed E-state index contributed by atoms with van der Waals surface area (Å²) in [5.41, 5.74) is 1.26. The van der Waals surface area contributed by atoms with Crippen molar-refractivity contribution < 1.29 is 4.39 Å². The van der Waals surface area contributed by atoms with Gasteiger partial charge in [0.25, 0.3) is 0 Å². The molecule has 1 N–H and O–H groups in total. The van der Waals surface area contributed by atoms with Crippen molar-refractivity contribution in [2.45, 2.75) is 25.3 Å². The summed E-state index contributed by atoms with van der Waals surface area (Å²) >= 11 is 3.55. The molecule has 20 heavy (non-hydrogen) atoms. The van der Waals surface area contributed by atoms with Gasteiger partial charge < -0.3 is 5.32 Å². The molecular weight excluding hydrogens is 343 g/mol. The number of halogens is 3. The lowest BCUT2D eigenvalue weighted by Crippen LogP contribution is -2.47. The van der Waals surface area contributed by atoms with E-state index in [9.17, 15) is 4.39 Å². The highest BCUT2D eigenvalue weighted by atomic mass is 79.9. The van der Waals surface area contributed by atoms with E-state index in [0.29, 0.717) is 6.04 Å². The topological polar surface area (TPSA) is 15.3 Å². The van der Waals surface area contributed by atoms with Crippen LogP contribution in [0.3, 0.4) is 0 Å². The maximum Gasteiger partial charge on any atom is 0.124 e. The highest BCUT2D eigenvalue weighted by Gasteiger charge is 2.34. The van der Waals surface area contributed by atoms with E-state index in [4.69, 9.17) is 0 Å². The number of hydrogen-bond acceptors (Lipinski definition) is 2. The molecule has 0 radical (unpaired) electrons. The van der Waals surface area contributed by atoms with Crippen LogP contribution in [0.2, 0.25) is 0 Å². The van der Waals surface area contributed by atoms with Crippen molar-refractivity contribution in [2.24, 2.45) is 5.92 Å². The summed E-state index contributed by atoms with van der Waals surface area (Å²) in [5.74, 6) is 0.572. The molecule has 0 unspecified atom stereocenters. The Morgan fingerprint density at radius 3 is 2.50 bits per heavy atom. The average Bonchev–Trinajstić information content (AvgIpc) is 2.35. The molecule has 0 bridgehead atoms. The van der Waals surface area contributed by atoms with Crippen LogP contribution in [-0.4, -0.2) is 31.1 Å². The van der Waals surface area contributed by atoms with Crippen LogP contribution in [-0.2, 0) is 0 Å². The second-order valence-electron chi connectivity index (χ2n) is 5.59. The molecule has 1 aliphatic carbocycles. The number of nitrogens with zero attached hydrogens (tertiary/aromatic N) is 1. The fourth-order valence-corrected chi connectivity index (χ4v) is 3.79. The molecule has 5 heteroatoms. The molecule has 1 heterocycles. The highest BCUT2D eigenvalue weighted by Crippen LogP contribution is 2.43. The first-order chi connectivity index (χ1) is 9.25. The minimum Gasteiger partial charge on any atom is -0.314 e. The van der Waals surface area contributed by atoms with Crippen LogP contribution in [0.5, 0.6) is 0 Å². The monoisotopic (exact) mass is 362 g/mol. The summed E-state index contributed by atoms with van der Waals surface area (Å²) < 4.78 is 14.2. The lowest BCUT2D eigenvalue weighted by atomic mass is 9.76. The van der Waals surface area contributed by atoms with E-state index >= 15 is 0 Å². The molecule has 1 aliphatic heterocycles. The zero-order valence-corrected chi connectivity index (χ0v) is 13.9. The van der Waals surface area contributed by atoms with Gasteiger partial charge in [0, 0.05) is 36.7 Å². The fraction of sp³-hybridized carbons (Fsp3) is 0.600. The van der Waals surface area contributed by atoms with Gasteiger partial charge in [0.2, 0.25) is 0 Å². The van der Waals surface area contributed by atoms with Crippen molar-refractivity contribution in [3.05, 3.63) is 34.1 Å². The third kappa shape index (κ3) is 3.35. The lowest BCUT2D eigenvalue weighted by molar-refractivity contribution is 0.0832. The van der Waals surface area contributed by atoms with Crippen LogP contribution >= 0.6 is 28.3 Å². The molecule has 0 amide bonds. The normalized spacial score (nSPS) is 21.9. The molecule has 2 fully saturated rings. The number of nitrogens with one attached hydrogen (secondary N) is 1. The van der Waals surface area contributed by atoms with E-state index in [1.807, 2.05) is 6.07 Å². The van der Waals surface area contributed by atoms with Gasteiger partial charge >= 0.3 is 0 Å².